The van der Waals surface area contributed by atoms with Gasteiger partial charge in [0, 0.05) is 16.8 Å². The fraction of sp³-hybridized carbons (Fsp3) is 0.500. The minimum atomic E-state index is -2.94. The lowest BCUT2D eigenvalue weighted by Crippen LogP contribution is -2.23. The Bertz CT molecular complexity index is 505. The largest absolute Gasteiger partial charge is 0.310 e. The molecule has 102 valence electrons. The third-order valence-corrected chi connectivity index (χ3v) is 4.77. The molecule has 0 aromatic heterocycles. The van der Waals surface area contributed by atoms with Gasteiger partial charge < -0.3 is 5.32 Å². The van der Waals surface area contributed by atoms with E-state index in [2.05, 4.69) is 21.2 Å². The van der Waals surface area contributed by atoms with E-state index in [1.165, 1.54) is 6.26 Å². The zero-order valence-corrected chi connectivity index (χ0v) is 13.6. The molecule has 1 aromatic carbocycles. The smallest absolute Gasteiger partial charge is 0.147 e. The first kappa shape index (κ1) is 16.0. The van der Waals surface area contributed by atoms with E-state index in [0.29, 0.717) is 11.4 Å². The summed E-state index contributed by atoms with van der Waals surface area (Å²) in [7, 11) is -2.94. The molecule has 3 nitrogen and oxygen atoms in total. The molecule has 0 radical (unpaired) electrons. The van der Waals surface area contributed by atoms with E-state index in [9.17, 15) is 8.42 Å². The molecule has 0 saturated carbocycles. The molecule has 0 fully saturated rings. The van der Waals surface area contributed by atoms with Crippen molar-refractivity contribution in [3.63, 3.8) is 0 Å². The summed E-state index contributed by atoms with van der Waals surface area (Å²) in [6.45, 7) is 2.78. The number of hydrogen-bond donors (Lipinski definition) is 1. The maximum atomic E-state index is 11.2. The maximum absolute atomic E-state index is 11.2. The van der Waals surface area contributed by atoms with Crippen LogP contribution in [0.1, 0.15) is 24.9 Å². The number of sulfone groups is 1. The van der Waals surface area contributed by atoms with E-state index in [0.717, 1.165) is 16.6 Å². The quantitative estimate of drug-likeness (QED) is 0.853. The van der Waals surface area contributed by atoms with E-state index >= 15 is 0 Å². The van der Waals surface area contributed by atoms with Crippen molar-refractivity contribution in [2.45, 2.75) is 19.4 Å². The first-order valence-electron chi connectivity index (χ1n) is 5.69. The minimum absolute atomic E-state index is 0.0262. The van der Waals surface area contributed by atoms with Gasteiger partial charge in [0.05, 0.1) is 10.8 Å². The van der Waals surface area contributed by atoms with Gasteiger partial charge in [0.2, 0.25) is 0 Å². The van der Waals surface area contributed by atoms with Crippen molar-refractivity contribution in [2.24, 2.45) is 0 Å². The highest BCUT2D eigenvalue weighted by Gasteiger charge is 2.14. The van der Waals surface area contributed by atoms with Gasteiger partial charge in [0.1, 0.15) is 9.84 Å². The molecule has 0 aliphatic rings. The van der Waals surface area contributed by atoms with E-state index in [-0.39, 0.29) is 11.8 Å². The standard InChI is InChI=1S/C12H17BrClNO2S/c1-3-15-12(6-7-18(2,16)17)9-4-5-11(14)10(13)8-9/h4-5,8,12,15H,3,6-7H2,1-2H3. The number of benzene rings is 1. The van der Waals surface area contributed by atoms with Crippen molar-refractivity contribution in [1.82, 2.24) is 5.32 Å². The summed E-state index contributed by atoms with van der Waals surface area (Å²) >= 11 is 9.33. The second-order valence-corrected chi connectivity index (χ2v) is 7.72. The second-order valence-electron chi connectivity index (χ2n) is 4.20. The Morgan fingerprint density at radius 1 is 1.44 bits per heavy atom. The van der Waals surface area contributed by atoms with Gasteiger partial charge in [-0.05, 0) is 46.6 Å². The Kier molecular flexibility index (Phi) is 6.11. The Balaban J connectivity index is 2.86. The predicted octanol–water partition coefficient (Wildman–Crippen LogP) is 3.19. The molecule has 0 aliphatic carbocycles. The SMILES string of the molecule is CCNC(CCS(C)(=O)=O)c1ccc(Cl)c(Br)c1. The molecule has 0 saturated heterocycles. The Labute approximate surface area is 122 Å². The first-order chi connectivity index (χ1) is 8.33. The van der Waals surface area contributed by atoms with Crippen molar-refractivity contribution in [1.29, 1.82) is 0 Å². The predicted molar refractivity (Wildman–Crippen MR) is 79.9 cm³/mol. The van der Waals surface area contributed by atoms with Crippen LogP contribution in [0.5, 0.6) is 0 Å². The molecule has 18 heavy (non-hydrogen) atoms. The highest BCUT2D eigenvalue weighted by Crippen LogP contribution is 2.27. The third-order valence-electron chi connectivity index (χ3n) is 2.57. The van der Waals surface area contributed by atoms with Crippen LogP contribution in [0.2, 0.25) is 5.02 Å². The molecule has 1 atom stereocenters. The zero-order valence-electron chi connectivity index (χ0n) is 10.4. The monoisotopic (exact) mass is 353 g/mol. The molecule has 1 aromatic rings. The van der Waals surface area contributed by atoms with Gasteiger partial charge in [-0.15, -0.1) is 0 Å². The summed E-state index contributed by atoms with van der Waals surface area (Å²) < 4.78 is 23.3. The minimum Gasteiger partial charge on any atom is -0.310 e. The van der Waals surface area contributed by atoms with Gasteiger partial charge >= 0.3 is 0 Å². The first-order valence-corrected chi connectivity index (χ1v) is 8.92. The van der Waals surface area contributed by atoms with Crippen LogP contribution >= 0.6 is 27.5 Å². The molecule has 6 heteroatoms. The number of halogens is 2. The second kappa shape index (κ2) is 6.89. The Morgan fingerprint density at radius 3 is 2.61 bits per heavy atom. The van der Waals surface area contributed by atoms with Crippen molar-refractivity contribution in [3.8, 4) is 0 Å². The number of nitrogens with one attached hydrogen (secondary N) is 1. The van der Waals surface area contributed by atoms with Gasteiger partial charge in [-0.3, -0.25) is 0 Å². The lowest BCUT2D eigenvalue weighted by atomic mass is 10.0. The molecular formula is C12H17BrClNO2S. The summed E-state index contributed by atoms with van der Waals surface area (Å²) in [5, 5.41) is 3.94. The highest BCUT2D eigenvalue weighted by atomic mass is 79.9. The van der Waals surface area contributed by atoms with Gasteiger partial charge in [-0.25, -0.2) is 8.42 Å². The zero-order chi connectivity index (χ0) is 13.8. The topological polar surface area (TPSA) is 46.2 Å². The lowest BCUT2D eigenvalue weighted by Gasteiger charge is -2.18. The summed E-state index contributed by atoms with van der Waals surface area (Å²) in [6, 6.07) is 5.69. The fourth-order valence-electron chi connectivity index (χ4n) is 1.69. The lowest BCUT2D eigenvalue weighted by molar-refractivity contribution is 0.529. The molecule has 0 aliphatic heterocycles. The van der Waals surface area contributed by atoms with Gasteiger partial charge in [-0.1, -0.05) is 24.6 Å². The summed E-state index contributed by atoms with van der Waals surface area (Å²) in [4.78, 5) is 0. The van der Waals surface area contributed by atoms with Crippen LogP contribution in [0.3, 0.4) is 0 Å². The average molecular weight is 355 g/mol. The average Bonchev–Trinajstić information content (AvgIpc) is 2.27. The Morgan fingerprint density at radius 2 is 2.11 bits per heavy atom. The summed E-state index contributed by atoms with van der Waals surface area (Å²) in [5.41, 5.74) is 1.04. The van der Waals surface area contributed by atoms with Crippen molar-refractivity contribution in [3.05, 3.63) is 33.3 Å². The van der Waals surface area contributed by atoms with Crippen LogP contribution in [-0.4, -0.2) is 27.0 Å². The van der Waals surface area contributed by atoms with E-state index in [1.54, 1.807) is 0 Å². The third kappa shape index (κ3) is 5.26. The van der Waals surface area contributed by atoms with Crippen LogP contribution in [0.25, 0.3) is 0 Å². The number of hydrogen-bond acceptors (Lipinski definition) is 3. The van der Waals surface area contributed by atoms with E-state index in [4.69, 9.17) is 11.6 Å². The summed E-state index contributed by atoms with van der Waals surface area (Å²) in [6.07, 6.45) is 1.81. The maximum Gasteiger partial charge on any atom is 0.147 e. The number of rotatable bonds is 6. The molecule has 1 unspecified atom stereocenters. The van der Waals surface area contributed by atoms with Crippen LogP contribution in [0, 0.1) is 0 Å². The van der Waals surface area contributed by atoms with Gasteiger partial charge in [-0.2, -0.15) is 0 Å². The molecule has 0 bridgehead atoms. The molecule has 0 amide bonds. The van der Waals surface area contributed by atoms with E-state index in [1.807, 2.05) is 25.1 Å². The van der Waals surface area contributed by atoms with Crippen LogP contribution in [0.4, 0.5) is 0 Å². The normalized spacial score (nSPS) is 13.6. The van der Waals surface area contributed by atoms with Crippen LogP contribution in [0.15, 0.2) is 22.7 Å². The fourth-order valence-corrected chi connectivity index (χ4v) is 2.87. The Hall–Kier alpha value is -0.100. The van der Waals surface area contributed by atoms with Crippen molar-refractivity contribution >= 4 is 37.4 Å². The van der Waals surface area contributed by atoms with E-state index < -0.39 is 9.84 Å². The molecule has 0 spiro atoms. The van der Waals surface area contributed by atoms with Gasteiger partial charge in [0.15, 0.2) is 0 Å². The highest BCUT2D eigenvalue weighted by molar-refractivity contribution is 9.10. The molecular weight excluding hydrogens is 338 g/mol. The molecule has 0 heterocycles. The van der Waals surface area contributed by atoms with Crippen molar-refractivity contribution in [2.75, 3.05) is 18.6 Å². The van der Waals surface area contributed by atoms with Crippen LogP contribution < -0.4 is 5.32 Å². The van der Waals surface area contributed by atoms with Crippen molar-refractivity contribution < 1.29 is 8.42 Å². The molecule has 1 rings (SSSR count). The summed E-state index contributed by atoms with van der Waals surface area (Å²) in [5.74, 6) is 0.172. The van der Waals surface area contributed by atoms with Crippen LogP contribution in [-0.2, 0) is 9.84 Å². The molecule has 1 N–H and O–H groups in total. The van der Waals surface area contributed by atoms with Gasteiger partial charge in [0.25, 0.3) is 0 Å².